The molecule has 17 heavy (non-hydrogen) atoms. The Hall–Kier alpha value is -0.610. The van der Waals surface area contributed by atoms with Gasteiger partial charge in [-0.3, -0.25) is 0 Å². The molecule has 4 heteroatoms. The van der Waals surface area contributed by atoms with E-state index in [0.717, 1.165) is 35.3 Å². The van der Waals surface area contributed by atoms with Crippen molar-refractivity contribution in [3.63, 3.8) is 0 Å². The number of anilines is 1. The van der Waals surface area contributed by atoms with Gasteiger partial charge in [-0.2, -0.15) is 0 Å². The molecule has 1 aromatic heterocycles. The number of aromatic nitrogens is 1. The smallest absolute Gasteiger partial charge is 0.128 e. The van der Waals surface area contributed by atoms with Crippen molar-refractivity contribution in [3.05, 3.63) is 22.8 Å². The molecule has 3 rings (SSSR count). The molecular weight excluding hydrogens is 278 g/mol. The van der Waals surface area contributed by atoms with Crippen LogP contribution in [0.25, 0.3) is 0 Å². The number of hydrogen-bond donors (Lipinski definition) is 1. The monoisotopic (exact) mass is 295 g/mol. The van der Waals surface area contributed by atoms with Crippen molar-refractivity contribution in [2.75, 3.05) is 24.5 Å². The van der Waals surface area contributed by atoms with Gasteiger partial charge in [0, 0.05) is 29.8 Å². The van der Waals surface area contributed by atoms with Crippen molar-refractivity contribution in [1.29, 1.82) is 0 Å². The Morgan fingerprint density at radius 1 is 1.35 bits per heavy atom. The van der Waals surface area contributed by atoms with Crippen molar-refractivity contribution in [1.82, 2.24) is 10.3 Å². The lowest BCUT2D eigenvalue weighted by atomic mass is 9.85. The molecule has 92 valence electrons. The van der Waals surface area contributed by atoms with Crippen molar-refractivity contribution in [3.8, 4) is 0 Å². The third kappa shape index (κ3) is 2.47. The van der Waals surface area contributed by atoms with Gasteiger partial charge in [0.15, 0.2) is 0 Å². The average molecular weight is 296 g/mol. The van der Waals surface area contributed by atoms with Gasteiger partial charge < -0.3 is 10.2 Å². The number of piperidine rings is 2. The summed E-state index contributed by atoms with van der Waals surface area (Å²) in [5.74, 6) is 1.93. The summed E-state index contributed by atoms with van der Waals surface area (Å²) in [4.78, 5) is 6.93. The highest BCUT2D eigenvalue weighted by atomic mass is 79.9. The van der Waals surface area contributed by atoms with Crippen molar-refractivity contribution in [2.24, 2.45) is 5.92 Å². The van der Waals surface area contributed by atoms with Gasteiger partial charge in [0.25, 0.3) is 0 Å². The van der Waals surface area contributed by atoms with E-state index in [-0.39, 0.29) is 0 Å². The number of pyridine rings is 1. The van der Waals surface area contributed by atoms with Crippen LogP contribution in [-0.2, 0) is 0 Å². The normalized spacial score (nSPS) is 28.9. The number of fused-ring (bicyclic) bond motifs is 1. The van der Waals surface area contributed by atoms with E-state index in [2.05, 4.69) is 43.3 Å². The summed E-state index contributed by atoms with van der Waals surface area (Å²) in [5.41, 5.74) is 0. The van der Waals surface area contributed by atoms with Crippen LogP contribution in [0.4, 0.5) is 5.82 Å². The van der Waals surface area contributed by atoms with Crippen LogP contribution in [-0.4, -0.2) is 30.7 Å². The number of rotatable bonds is 1. The van der Waals surface area contributed by atoms with E-state index in [1.54, 1.807) is 0 Å². The Bertz CT molecular complexity index is 379. The van der Waals surface area contributed by atoms with E-state index in [1.807, 2.05) is 6.20 Å². The maximum absolute atomic E-state index is 4.50. The van der Waals surface area contributed by atoms with Crippen LogP contribution in [0.15, 0.2) is 22.8 Å². The molecule has 0 amide bonds. The lowest BCUT2D eigenvalue weighted by Crippen LogP contribution is -2.52. The van der Waals surface area contributed by atoms with Crippen LogP contribution < -0.4 is 10.2 Å². The van der Waals surface area contributed by atoms with Gasteiger partial charge in [0.2, 0.25) is 0 Å². The highest BCUT2D eigenvalue weighted by Crippen LogP contribution is 2.27. The lowest BCUT2D eigenvalue weighted by molar-refractivity contribution is 0.244. The van der Waals surface area contributed by atoms with Gasteiger partial charge in [-0.05, 0) is 59.8 Å². The molecule has 0 spiro atoms. The van der Waals surface area contributed by atoms with E-state index in [9.17, 15) is 0 Å². The zero-order valence-electron chi connectivity index (χ0n) is 9.90. The van der Waals surface area contributed by atoms with Crippen molar-refractivity contribution < 1.29 is 0 Å². The van der Waals surface area contributed by atoms with Crippen LogP contribution in [0.3, 0.4) is 0 Å². The first-order valence-electron chi connectivity index (χ1n) is 6.43. The second-order valence-electron chi connectivity index (χ2n) is 5.03. The quantitative estimate of drug-likeness (QED) is 0.862. The van der Waals surface area contributed by atoms with Crippen molar-refractivity contribution in [2.45, 2.75) is 25.3 Å². The third-order valence-electron chi connectivity index (χ3n) is 3.93. The summed E-state index contributed by atoms with van der Waals surface area (Å²) in [6.07, 6.45) is 5.83. The fourth-order valence-corrected chi connectivity index (χ4v) is 3.24. The van der Waals surface area contributed by atoms with Gasteiger partial charge in [0.1, 0.15) is 5.82 Å². The summed E-state index contributed by atoms with van der Waals surface area (Å²) in [7, 11) is 0. The van der Waals surface area contributed by atoms with Gasteiger partial charge in [-0.15, -0.1) is 0 Å². The molecule has 2 fully saturated rings. The molecule has 1 N–H and O–H groups in total. The molecule has 0 saturated carbocycles. The van der Waals surface area contributed by atoms with E-state index in [1.165, 1.54) is 25.8 Å². The minimum absolute atomic E-state index is 0.746. The first-order valence-corrected chi connectivity index (χ1v) is 7.22. The summed E-state index contributed by atoms with van der Waals surface area (Å²) in [5, 5.41) is 3.65. The highest BCUT2D eigenvalue weighted by Gasteiger charge is 2.31. The first kappa shape index (κ1) is 11.5. The zero-order chi connectivity index (χ0) is 11.7. The molecule has 2 saturated heterocycles. The Balaban J connectivity index is 1.71. The molecule has 2 atom stereocenters. The number of nitrogens with one attached hydrogen (secondary N) is 1. The van der Waals surface area contributed by atoms with Crippen LogP contribution in [0, 0.1) is 5.92 Å². The van der Waals surface area contributed by atoms with Gasteiger partial charge in [0.05, 0.1) is 0 Å². The Morgan fingerprint density at radius 3 is 3.12 bits per heavy atom. The standard InChI is InChI=1S/C13H18BrN3/c14-11-3-4-13(16-8-11)17-7-5-12-10(9-17)2-1-6-15-12/h3-4,8,10,12,15H,1-2,5-7,9H2. The molecular formula is C13H18BrN3. The number of halogens is 1. The molecule has 3 heterocycles. The van der Waals surface area contributed by atoms with Gasteiger partial charge in [-0.1, -0.05) is 0 Å². The lowest BCUT2D eigenvalue weighted by Gasteiger charge is -2.42. The number of nitrogens with zero attached hydrogens (tertiary/aromatic N) is 2. The maximum atomic E-state index is 4.50. The summed E-state index contributed by atoms with van der Waals surface area (Å²) in [6.45, 7) is 3.49. The summed E-state index contributed by atoms with van der Waals surface area (Å²) < 4.78 is 1.05. The van der Waals surface area contributed by atoms with Gasteiger partial charge in [-0.25, -0.2) is 4.98 Å². The fraction of sp³-hybridized carbons (Fsp3) is 0.615. The topological polar surface area (TPSA) is 28.2 Å². The Kier molecular flexibility index (Phi) is 3.34. The minimum atomic E-state index is 0.746. The minimum Gasteiger partial charge on any atom is -0.356 e. The molecule has 2 aliphatic rings. The van der Waals surface area contributed by atoms with E-state index in [4.69, 9.17) is 0 Å². The molecule has 0 aromatic carbocycles. The first-order chi connectivity index (χ1) is 8.33. The fourth-order valence-electron chi connectivity index (χ4n) is 3.01. The molecule has 1 aromatic rings. The largest absolute Gasteiger partial charge is 0.356 e. The Morgan fingerprint density at radius 2 is 2.29 bits per heavy atom. The van der Waals surface area contributed by atoms with E-state index >= 15 is 0 Å². The van der Waals surface area contributed by atoms with Crippen LogP contribution in [0.5, 0.6) is 0 Å². The SMILES string of the molecule is Brc1ccc(N2CCC3NCCCC3C2)nc1. The van der Waals surface area contributed by atoms with Crippen LogP contribution in [0.2, 0.25) is 0 Å². The number of hydrogen-bond acceptors (Lipinski definition) is 3. The molecule has 0 bridgehead atoms. The molecule has 0 radical (unpaired) electrons. The van der Waals surface area contributed by atoms with Crippen molar-refractivity contribution >= 4 is 21.7 Å². The van der Waals surface area contributed by atoms with Crippen LogP contribution in [0.1, 0.15) is 19.3 Å². The molecule has 2 unspecified atom stereocenters. The predicted molar refractivity (Wildman–Crippen MR) is 73.3 cm³/mol. The summed E-state index contributed by atoms with van der Waals surface area (Å²) >= 11 is 3.43. The predicted octanol–water partition coefficient (Wildman–Crippen LogP) is 2.42. The average Bonchev–Trinajstić information content (AvgIpc) is 2.39. The highest BCUT2D eigenvalue weighted by molar-refractivity contribution is 9.10. The molecule has 2 aliphatic heterocycles. The second-order valence-corrected chi connectivity index (χ2v) is 5.95. The van der Waals surface area contributed by atoms with E-state index < -0.39 is 0 Å². The third-order valence-corrected chi connectivity index (χ3v) is 4.40. The molecule has 0 aliphatic carbocycles. The maximum Gasteiger partial charge on any atom is 0.128 e. The summed E-state index contributed by atoms with van der Waals surface area (Å²) in [6, 6.07) is 4.93. The molecule has 3 nitrogen and oxygen atoms in total. The van der Waals surface area contributed by atoms with Crippen LogP contribution >= 0.6 is 15.9 Å². The second kappa shape index (κ2) is 4.94. The Labute approximate surface area is 111 Å². The van der Waals surface area contributed by atoms with Gasteiger partial charge >= 0.3 is 0 Å². The van der Waals surface area contributed by atoms with E-state index in [0.29, 0.717) is 0 Å². The zero-order valence-corrected chi connectivity index (χ0v) is 11.5.